The Morgan fingerprint density at radius 3 is 1.55 bits per heavy atom. The number of aliphatic hydroxyl groups is 5. The molecule has 0 saturated carbocycles. The van der Waals surface area contributed by atoms with Gasteiger partial charge in [-0.3, -0.25) is 4.79 Å². The van der Waals surface area contributed by atoms with Crippen molar-refractivity contribution in [2.75, 3.05) is 13.2 Å². The van der Waals surface area contributed by atoms with Crippen molar-refractivity contribution in [3.8, 4) is 0 Å². The third-order valence-corrected chi connectivity index (χ3v) is 10.9. The van der Waals surface area contributed by atoms with Gasteiger partial charge >= 0.3 is 0 Å². The molecule has 6 N–H and O–H groups in total. The van der Waals surface area contributed by atoms with E-state index in [2.05, 4.69) is 43.5 Å². The van der Waals surface area contributed by atoms with Crippen molar-refractivity contribution in [3.63, 3.8) is 0 Å². The highest BCUT2D eigenvalue weighted by molar-refractivity contribution is 5.76. The van der Waals surface area contributed by atoms with Gasteiger partial charge in [-0.15, -0.1) is 0 Å². The number of unbranched alkanes of at least 4 members (excludes halogenated alkanes) is 24. The number of carbonyl (C=O) groups excluding carboxylic acids is 1. The first kappa shape index (κ1) is 52.4. The predicted octanol–water partition coefficient (Wildman–Crippen LogP) is 9.67. The summed E-state index contributed by atoms with van der Waals surface area (Å²) in [6, 6.07) is -0.824. The van der Waals surface area contributed by atoms with Crippen LogP contribution in [0.5, 0.6) is 0 Å². The zero-order chi connectivity index (χ0) is 40.9. The van der Waals surface area contributed by atoms with Gasteiger partial charge in [0.2, 0.25) is 5.91 Å². The molecular weight excluding hydrogens is 707 g/mol. The van der Waals surface area contributed by atoms with Gasteiger partial charge in [0.15, 0.2) is 6.29 Å². The van der Waals surface area contributed by atoms with Gasteiger partial charge in [0.25, 0.3) is 0 Å². The van der Waals surface area contributed by atoms with Crippen LogP contribution in [0.25, 0.3) is 0 Å². The molecule has 1 amide bonds. The van der Waals surface area contributed by atoms with Crippen LogP contribution < -0.4 is 5.32 Å². The lowest BCUT2D eigenvalue weighted by Gasteiger charge is -2.40. The van der Waals surface area contributed by atoms with Gasteiger partial charge in [0.05, 0.1) is 25.4 Å². The molecule has 1 fully saturated rings. The van der Waals surface area contributed by atoms with E-state index in [1.807, 2.05) is 6.08 Å². The average molecular weight is 794 g/mol. The van der Waals surface area contributed by atoms with Gasteiger partial charge in [-0.25, -0.2) is 0 Å². The minimum Gasteiger partial charge on any atom is -0.394 e. The van der Waals surface area contributed by atoms with E-state index in [4.69, 9.17) is 9.47 Å². The van der Waals surface area contributed by atoms with Crippen LogP contribution in [0.1, 0.15) is 200 Å². The Kier molecular flexibility index (Phi) is 35.3. The molecule has 0 aromatic rings. The standard InChI is InChI=1S/C47H87NO8/c1-3-5-7-9-11-13-15-16-17-18-19-20-21-22-23-24-25-26-27-28-30-32-34-36-41(50)40(39-55-47-46(54)45(53)44(52)42(38-49)56-47)48-43(51)37-35-33-31-29-14-12-10-8-6-4-2/h10,12,27-28,34,36,40-42,44-47,49-50,52-54H,3-9,11,13-26,29-33,35,37-39H2,1-2H3,(H,48,51)/b12-10-,28-27+,36-34+. The van der Waals surface area contributed by atoms with Crippen LogP contribution in [0.4, 0.5) is 0 Å². The number of rotatable bonds is 38. The van der Waals surface area contributed by atoms with Gasteiger partial charge in [-0.05, 0) is 51.4 Å². The summed E-state index contributed by atoms with van der Waals surface area (Å²) < 4.78 is 11.2. The first-order valence-electron chi connectivity index (χ1n) is 23.2. The van der Waals surface area contributed by atoms with E-state index in [9.17, 15) is 30.3 Å². The maximum Gasteiger partial charge on any atom is 0.220 e. The summed E-state index contributed by atoms with van der Waals surface area (Å²) in [6.45, 7) is 3.70. The topological polar surface area (TPSA) is 149 Å². The Balaban J connectivity index is 2.32. The van der Waals surface area contributed by atoms with Crippen molar-refractivity contribution in [2.45, 2.75) is 243 Å². The first-order chi connectivity index (χ1) is 27.3. The molecule has 0 bridgehead atoms. The van der Waals surface area contributed by atoms with E-state index in [1.165, 1.54) is 122 Å². The van der Waals surface area contributed by atoms with E-state index >= 15 is 0 Å². The summed E-state index contributed by atoms with van der Waals surface area (Å²) in [7, 11) is 0. The monoisotopic (exact) mass is 794 g/mol. The van der Waals surface area contributed by atoms with Crippen LogP contribution >= 0.6 is 0 Å². The van der Waals surface area contributed by atoms with Crippen LogP contribution in [0, 0.1) is 0 Å². The Bertz CT molecular complexity index is 972. The van der Waals surface area contributed by atoms with Gasteiger partial charge in [0, 0.05) is 6.42 Å². The Labute approximate surface area is 342 Å². The molecule has 7 unspecified atom stereocenters. The molecule has 0 aliphatic carbocycles. The molecule has 7 atom stereocenters. The second kappa shape index (κ2) is 37.7. The normalized spacial score (nSPS) is 21.4. The van der Waals surface area contributed by atoms with E-state index < -0.39 is 49.5 Å². The molecule has 1 aliphatic heterocycles. The fourth-order valence-corrected chi connectivity index (χ4v) is 7.15. The fraction of sp³-hybridized carbons (Fsp3) is 0.851. The number of hydrogen-bond donors (Lipinski definition) is 6. The minimum absolute atomic E-state index is 0.202. The quantitative estimate of drug-likeness (QED) is 0.0268. The van der Waals surface area contributed by atoms with Gasteiger partial charge in [-0.1, -0.05) is 179 Å². The second-order valence-corrected chi connectivity index (χ2v) is 16.2. The maximum absolute atomic E-state index is 12.9. The lowest BCUT2D eigenvalue weighted by Crippen LogP contribution is -2.60. The number of allylic oxidation sites excluding steroid dienone is 5. The largest absolute Gasteiger partial charge is 0.394 e. The molecule has 9 nitrogen and oxygen atoms in total. The average Bonchev–Trinajstić information content (AvgIpc) is 3.20. The molecule has 0 spiro atoms. The lowest BCUT2D eigenvalue weighted by atomic mass is 9.99. The minimum atomic E-state index is -1.57. The molecule has 328 valence electrons. The molecule has 1 aliphatic rings. The Hall–Kier alpha value is -1.59. The molecule has 0 aromatic carbocycles. The number of carbonyl (C=O) groups is 1. The third-order valence-electron chi connectivity index (χ3n) is 10.9. The van der Waals surface area contributed by atoms with Crippen LogP contribution in [-0.4, -0.2) is 87.5 Å². The SMILES string of the molecule is CCCC/C=C\CCCCCCC(=O)NC(COC1OC(CO)C(O)C(O)C1O)C(O)/C=C/CC/C=C/CCCCCCCCCCCCCCCCCCC. The Morgan fingerprint density at radius 1 is 0.589 bits per heavy atom. The smallest absolute Gasteiger partial charge is 0.220 e. The summed E-state index contributed by atoms with van der Waals surface area (Å²) in [6.07, 6.45) is 39.2. The maximum atomic E-state index is 12.9. The van der Waals surface area contributed by atoms with Gasteiger partial charge in [-0.2, -0.15) is 0 Å². The molecule has 1 rings (SSSR count). The molecular formula is C47H87NO8. The van der Waals surface area contributed by atoms with Crippen molar-refractivity contribution in [2.24, 2.45) is 0 Å². The number of aliphatic hydroxyl groups excluding tert-OH is 5. The number of ether oxygens (including phenoxy) is 2. The van der Waals surface area contributed by atoms with E-state index in [0.29, 0.717) is 6.42 Å². The molecule has 1 saturated heterocycles. The first-order valence-corrected chi connectivity index (χ1v) is 23.2. The van der Waals surface area contributed by atoms with Gasteiger partial charge in [0.1, 0.15) is 24.4 Å². The Morgan fingerprint density at radius 2 is 1.04 bits per heavy atom. The second-order valence-electron chi connectivity index (χ2n) is 16.2. The van der Waals surface area contributed by atoms with Crippen LogP contribution in [0.15, 0.2) is 36.5 Å². The van der Waals surface area contributed by atoms with E-state index in [-0.39, 0.29) is 12.5 Å². The zero-order valence-corrected chi connectivity index (χ0v) is 35.9. The van der Waals surface area contributed by atoms with Crippen LogP contribution in [0.2, 0.25) is 0 Å². The summed E-state index contributed by atoms with van der Waals surface area (Å²) in [5.74, 6) is -0.202. The van der Waals surface area contributed by atoms with Crippen molar-refractivity contribution in [3.05, 3.63) is 36.5 Å². The summed E-state index contributed by atoms with van der Waals surface area (Å²) >= 11 is 0. The molecule has 0 aromatic heterocycles. The summed E-state index contributed by atoms with van der Waals surface area (Å²) in [4.78, 5) is 12.9. The number of amides is 1. The highest BCUT2D eigenvalue weighted by Crippen LogP contribution is 2.22. The predicted molar refractivity (Wildman–Crippen MR) is 230 cm³/mol. The molecule has 56 heavy (non-hydrogen) atoms. The van der Waals surface area contributed by atoms with Crippen LogP contribution in [0.3, 0.4) is 0 Å². The van der Waals surface area contributed by atoms with Crippen molar-refractivity contribution in [1.29, 1.82) is 0 Å². The van der Waals surface area contributed by atoms with Crippen molar-refractivity contribution in [1.82, 2.24) is 5.32 Å². The third kappa shape index (κ3) is 27.9. The lowest BCUT2D eigenvalue weighted by molar-refractivity contribution is -0.302. The zero-order valence-electron chi connectivity index (χ0n) is 35.9. The molecule has 9 heteroatoms. The molecule has 1 heterocycles. The summed E-state index contributed by atoms with van der Waals surface area (Å²) in [5, 5.41) is 54.0. The molecule has 0 radical (unpaired) electrons. The fourth-order valence-electron chi connectivity index (χ4n) is 7.15. The number of hydrogen-bond acceptors (Lipinski definition) is 8. The van der Waals surface area contributed by atoms with E-state index in [0.717, 1.165) is 57.8 Å². The van der Waals surface area contributed by atoms with Crippen molar-refractivity contribution < 1.29 is 39.8 Å². The van der Waals surface area contributed by atoms with Gasteiger partial charge < -0.3 is 40.3 Å². The van der Waals surface area contributed by atoms with E-state index in [1.54, 1.807) is 6.08 Å². The number of nitrogens with one attached hydrogen (secondary N) is 1. The highest BCUT2D eigenvalue weighted by Gasteiger charge is 2.44. The summed E-state index contributed by atoms with van der Waals surface area (Å²) in [5.41, 5.74) is 0. The van der Waals surface area contributed by atoms with Crippen LogP contribution in [-0.2, 0) is 14.3 Å². The highest BCUT2D eigenvalue weighted by atomic mass is 16.7. The van der Waals surface area contributed by atoms with Crippen molar-refractivity contribution >= 4 is 5.91 Å².